The highest BCUT2D eigenvalue weighted by atomic mass is 16.6. The highest BCUT2D eigenvalue weighted by Crippen LogP contribution is 2.41. The summed E-state index contributed by atoms with van der Waals surface area (Å²) in [6.45, 7) is 4.58. The van der Waals surface area contributed by atoms with Crippen LogP contribution in [0.5, 0.6) is 0 Å². The van der Waals surface area contributed by atoms with Crippen molar-refractivity contribution < 1.29 is 19.2 Å². The van der Waals surface area contributed by atoms with Crippen LogP contribution in [0.2, 0.25) is 0 Å². The monoisotopic (exact) mass is 279 g/mol. The van der Waals surface area contributed by atoms with E-state index < -0.39 is 16.3 Å². The maximum absolute atomic E-state index is 12.0. The molecule has 0 saturated carbocycles. The van der Waals surface area contributed by atoms with Gasteiger partial charge in [0.1, 0.15) is 0 Å². The molecule has 20 heavy (non-hydrogen) atoms. The number of carbonyl (C=O) groups excluding carboxylic acids is 1. The maximum atomic E-state index is 12.0. The number of nitro benzene ring substituents is 1. The van der Waals surface area contributed by atoms with Crippen LogP contribution in [-0.4, -0.2) is 30.7 Å². The summed E-state index contributed by atoms with van der Waals surface area (Å²) in [4.78, 5) is 22.4. The van der Waals surface area contributed by atoms with Crippen molar-refractivity contribution in [1.29, 1.82) is 0 Å². The second-order valence-corrected chi connectivity index (χ2v) is 4.93. The Morgan fingerprint density at radius 1 is 1.55 bits per heavy atom. The van der Waals surface area contributed by atoms with Crippen LogP contribution in [0, 0.1) is 16.0 Å². The Morgan fingerprint density at radius 2 is 2.25 bits per heavy atom. The summed E-state index contributed by atoms with van der Waals surface area (Å²) in [6, 6.07) is 6.38. The fourth-order valence-electron chi connectivity index (χ4n) is 2.41. The Bertz CT molecular complexity index is 524. The summed E-state index contributed by atoms with van der Waals surface area (Å²) in [7, 11) is 0. The summed E-state index contributed by atoms with van der Waals surface area (Å²) >= 11 is 0. The van der Waals surface area contributed by atoms with Gasteiger partial charge in [-0.1, -0.05) is 19.1 Å². The molecule has 2 rings (SSSR count). The lowest BCUT2D eigenvalue weighted by atomic mass is 9.69. The third-order valence-electron chi connectivity index (χ3n) is 3.82. The van der Waals surface area contributed by atoms with Gasteiger partial charge in [0.05, 0.1) is 36.1 Å². The first kappa shape index (κ1) is 14.5. The summed E-state index contributed by atoms with van der Waals surface area (Å²) < 4.78 is 10.3. The van der Waals surface area contributed by atoms with Crippen LogP contribution in [0.3, 0.4) is 0 Å². The predicted molar refractivity (Wildman–Crippen MR) is 71.4 cm³/mol. The molecule has 1 saturated heterocycles. The molecule has 6 heteroatoms. The quantitative estimate of drug-likeness (QED) is 0.468. The molecule has 1 heterocycles. The maximum Gasteiger partial charge on any atom is 0.309 e. The van der Waals surface area contributed by atoms with Gasteiger partial charge in [0.2, 0.25) is 0 Å². The van der Waals surface area contributed by atoms with Gasteiger partial charge in [-0.05, 0) is 12.5 Å². The highest BCUT2D eigenvalue weighted by molar-refractivity contribution is 5.74. The van der Waals surface area contributed by atoms with E-state index >= 15 is 0 Å². The Morgan fingerprint density at radius 3 is 2.75 bits per heavy atom. The van der Waals surface area contributed by atoms with Crippen LogP contribution < -0.4 is 0 Å². The van der Waals surface area contributed by atoms with Crippen molar-refractivity contribution in [3.63, 3.8) is 0 Å². The van der Waals surface area contributed by atoms with E-state index in [1.54, 1.807) is 26.0 Å². The predicted octanol–water partition coefficient (Wildman–Crippen LogP) is 2.06. The van der Waals surface area contributed by atoms with Gasteiger partial charge in [0.25, 0.3) is 5.69 Å². The minimum absolute atomic E-state index is 0.0184. The van der Waals surface area contributed by atoms with E-state index in [1.807, 2.05) is 0 Å². The number of carbonyl (C=O) groups is 1. The van der Waals surface area contributed by atoms with E-state index in [-0.39, 0.29) is 11.7 Å². The first-order valence-electron chi connectivity index (χ1n) is 6.50. The number of hydrogen-bond donors (Lipinski definition) is 0. The molecule has 0 N–H and O–H groups in total. The fourth-order valence-corrected chi connectivity index (χ4v) is 2.41. The van der Waals surface area contributed by atoms with Crippen LogP contribution in [0.15, 0.2) is 24.3 Å². The van der Waals surface area contributed by atoms with E-state index in [2.05, 4.69) is 0 Å². The second-order valence-electron chi connectivity index (χ2n) is 4.93. The van der Waals surface area contributed by atoms with Gasteiger partial charge in [0, 0.05) is 12.1 Å². The fraction of sp³-hybridized carbons (Fsp3) is 0.500. The number of benzene rings is 1. The number of ether oxygens (including phenoxy) is 2. The van der Waals surface area contributed by atoms with Gasteiger partial charge in [-0.25, -0.2) is 0 Å². The normalized spacial score (nSPS) is 17.9. The first-order chi connectivity index (χ1) is 9.51. The third kappa shape index (κ3) is 2.38. The average Bonchev–Trinajstić information content (AvgIpc) is 2.38. The Balaban J connectivity index is 2.33. The largest absolute Gasteiger partial charge is 0.466 e. The number of rotatable bonds is 5. The molecule has 1 aliphatic rings. The van der Waals surface area contributed by atoms with E-state index in [4.69, 9.17) is 9.47 Å². The first-order valence-corrected chi connectivity index (χ1v) is 6.50. The standard InChI is InChI=1S/C14H17NO5/c1-3-20-13(16)10(2)14(8-19-9-14)11-5-4-6-12(7-11)15(17)18/h4-7,10H,3,8-9H2,1-2H3. The molecular weight excluding hydrogens is 262 g/mol. The number of non-ortho nitro benzene ring substituents is 1. The number of hydrogen-bond acceptors (Lipinski definition) is 5. The molecule has 1 unspecified atom stereocenters. The minimum atomic E-state index is -0.529. The molecule has 0 amide bonds. The zero-order valence-electron chi connectivity index (χ0n) is 11.5. The molecule has 0 aliphatic carbocycles. The van der Waals surface area contributed by atoms with E-state index in [1.165, 1.54) is 12.1 Å². The summed E-state index contributed by atoms with van der Waals surface area (Å²) in [5, 5.41) is 10.9. The van der Waals surface area contributed by atoms with Gasteiger partial charge >= 0.3 is 5.97 Å². The molecule has 1 aliphatic heterocycles. The zero-order chi connectivity index (χ0) is 14.8. The smallest absolute Gasteiger partial charge is 0.309 e. The van der Waals surface area contributed by atoms with Crippen LogP contribution in [-0.2, 0) is 19.7 Å². The molecule has 1 fully saturated rings. The SMILES string of the molecule is CCOC(=O)C(C)C1(c2cccc([N+](=O)[O-])c2)COC1. The minimum Gasteiger partial charge on any atom is -0.466 e. The van der Waals surface area contributed by atoms with E-state index in [0.29, 0.717) is 19.8 Å². The molecule has 108 valence electrons. The molecule has 1 aromatic carbocycles. The molecule has 0 bridgehead atoms. The Kier molecular flexibility index (Phi) is 4.04. The van der Waals surface area contributed by atoms with Crippen molar-refractivity contribution in [3.8, 4) is 0 Å². The van der Waals surface area contributed by atoms with Crippen molar-refractivity contribution in [3.05, 3.63) is 39.9 Å². The van der Waals surface area contributed by atoms with Gasteiger partial charge in [-0.3, -0.25) is 14.9 Å². The summed E-state index contributed by atoms with van der Waals surface area (Å²) in [5.74, 6) is -0.708. The molecule has 1 atom stereocenters. The van der Waals surface area contributed by atoms with E-state index in [9.17, 15) is 14.9 Å². The number of nitrogens with zero attached hydrogens (tertiary/aromatic N) is 1. The van der Waals surface area contributed by atoms with Crippen molar-refractivity contribution >= 4 is 11.7 Å². The van der Waals surface area contributed by atoms with Gasteiger partial charge in [-0.15, -0.1) is 0 Å². The Hall–Kier alpha value is -1.95. The third-order valence-corrected chi connectivity index (χ3v) is 3.82. The van der Waals surface area contributed by atoms with Crippen LogP contribution in [0.25, 0.3) is 0 Å². The van der Waals surface area contributed by atoms with E-state index in [0.717, 1.165) is 5.56 Å². The average molecular weight is 279 g/mol. The molecule has 0 radical (unpaired) electrons. The van der Waals surface area contributed by atoms with Crippen molar-refractivity contribution in [1.82, 2.24) is 0 Å². The second kappa shape index (κ2) is 5.58. The lowest BCUT2D eigenvalue weighted by Crippen LogP contribution is -2.54. The highest BCUT2D eigenvalue weighted by Gasteiger charge is 2.49. The summed E-state index contributed by atoms with van der Waals surface area (Å²) in [5.41, 5.74) is 0.237. The number of esters is 1. The topological polar surface area (TPSA) is 78.7 Å². The summed E-state index contributed by atoms with van der Waals surface area (Å²) in [6.07, 6.45) is 0. The molecule has 6 nitrogen and oxygen atoms in total. The molecule has 0 aromatic heterocycles. The molecule has 0 spiro atoms. The van der Waals surface area contributed by atoms with Gasteiger partial charge in [0.15, 0.2) is 0 Å². The zero-order valence-corrected chi connectivity index (χ0v) is 11.5. The molecule has 1 aromatic rings. The lowest BCUT2D eigenvalue weighted by molar-refractivity contribution is -0.385. The van der Waals surface area contributed by atoms with Gasteiger partial charge in [-0.2, -0.15) is 0 Å². The van der Waals surface area contributed by atoms with Crippen molar-refractivity contribution in [2.45, 2.75) is 19.3 Å². The number of nitro groups is 1. The Labute approximate surface area is 116 Å². The van der Waals surface area contributed by atoms with Crippen molar-refractivity contribution in [2.75, 3.05) is 19.8 Å². The van der Waals surface area contributed by atoms with Gasteiger partial charge < -0.3 is 9.47 Å². The van der Waals surface area contributed by atoms with Crippen LogP contribution >= 0.6 is 0 Å². The molecular formula is C14H17NO5. The van der Waals surface area contributed by atoms with Crippen molar-refractivity contribution in [2.24, 2.45) is 5.92 Å². The lowest BCUT2D eigenvalue weighted by Gasteiger charge is -2.45. The van der Waals surface area contributed by atoms with Crippen LogP contribution in [0.1, 0.15) is 19.4 Å². The van der Waals surface area contributed by atoms with Crippen LogP contribution in [0.4, 0.5) is 5.69 Å².